The molecule has 0 aliphatic carbocycles. The number of fused-ring (bicyclic) bond motifs is 3. The molecule has 3 aromatic heterocycles. The van der Waals surface area contributed by atoms with Crippen LogP contribution in [0.3, 0.4) is 0 Å². The van der Waals surface area contributed by atoms with Gasteiger partial charge in [-0.3, -0.25) is 0 Å². The van der Waals surface area contributed by atoms with E-state index in [1.807, 2.05) is 42.5 Å². The summed E-state index contributed by atoms with van der Waals surface area (Å²) in [5, 5.41) is 2.18. The van der Waals surface area contributed by atoms with Gasteiger partial charge in [0.15, 0.2) is 5.82 Å². The molecule has 0 fully saturated rings. The third kappa shape index (κ3) is 5.94. The third-order valence-electron chi connectivity index (χ3n) is 9.44. The van der Waals surface area contributed by atoms with Gasteiger partial charge in [-0.25, -0.2) is 19.9 Å². The molecule has 51 heavy (non-hydrogen) atoms. The normalized spacial score (nSPS) is 11.2. The first-order valence-electron chi connectivity index (χ1n) is 17.1. The molecule has 0 bridgehead atoms. The Morgan fingerprint density at radius 2 is 0.745 bits per heavy atom. The van der Waals surface area contributed by atoms with Crippen LogP contribution in [0, 0.1) is 6.92 Å². The minimum absolute atomic E-state index is 0.677. The lowest BCUT2D eigenvalue weighted by molar-refractivity contribution is 1.18. The first-order chi connectivity index (χ1) is 25.2. The highest BCUT2D eigenvalue weighted by Crippen LogP contribution is 2.33. The summed E-state index contributed by atoms with van der Waals surface area (Å²) in [4.78, 5) is 20.5. The fraction of sp³-hybridized carbons (Fsp3) is 0.0213. The molecule has 0 aliphatic rings. The van der Waals surface area contributed by atoms with Crippen LogP contribution in [0.1, 0.15) is 5.56 Å². The van der Waals surface area contributed by atoms with Crippen LogP contribution in [-0.4, -0.2) is 19.9 Å². The monoisotopic (exact) mass is 652 g/mol. The Kier molecular flexibility index (Phi) is 7.67. The fourth-order valence-corrected chi connectivity index (χ4v) is 6.69. The van der Waals surface area contributed by atoms with Gasteiger partial charge in [0.25, 0.3) is 0 Å². The Bertz CT molecular complexity index is 2650. The quantitative estimate of drug-likeness (QED) is 0.168. The van der Waals surface area contributed by atoms with Crippen molar-refractivity contribution >= 4 is 21.8 Å². The van der Waals surface area contributed by atoms with Crippen LogP contribution in [0.5, 0.6) is 0 Å². The Balaban J connectivity index is 1.09. The van der Waals surface area contributed by atoms with E-state index in [0.29, 0.717) is 5.82 Å². The van der Waals surface area contributed by atoms with Crippen LogP contribution in [0.15, 0.2) is 176 Å². The van der Waals surface area contributed by atoms with Gasteiger partial charge in [0, 0.05) is 38.6 Å². The topological polar surface area (TPSA) is 51.6 Å². The minimum atomic E-state index is 0.677. The summed E-state index contributed by atoms with van der Waals surface area (Å²) in [5.41, 5.74) is 14.1. The van der Waals surface area contributed by atoms with Crippen LogP contribution in [0.4, 0.5) is 0 Å². The van der Waals surface area contributed by atoms with Crippen molar-refractivity contribution in [2.75, 3.05) is 0 Å². The van der Waals surface area contributed by atoms with Crippen molar-refractivity contribution in [1.82, 2.24) is 19.9 Å². The average molecular weight is 653 g/mol. The van der Waals surface area contributed by atoms with Gasteiger partial charge in [0.1, 0.15) is 0 Å². The standard InChI is InChI=1S/C47H32N4/c1-31-29-42(34-13-7-3-8-14-34)49-46-40(31)27-25-38-26-28-41(48-45(38)46)36-21-23-39(24-22-36)47-50-43(35-15-9-4-10-16-35)30-44(51-47)37-19-17-33(18-20-37)32-11-5-2-6-12-32/h2-30H,1H3. The van der Waals surface area contributed by atoms with E-state index in [2.05, 4.69) is 140 Å². The Morgan fingerprint density at radius 3 is 1.35 bits per heavy atom. The van der Waals surface area contributed by atoms with Crippen LogP contribution < -0.4 is 0 Å². The zero-order valence-electron chi connectivity index (χ0n) is 28.0. The van der Waals surface area contributed by atoms with Gasteiger partial charge in [0.05, 0.1) is 33.8 Å². The van der Waals surface area contributed by atoms with Crippen molar-refractivity contribution in [3.05, 3.63) is 181 Å². The van der Waals surface area contributed by atoms with E-state index in [-0.39, 0.29) is 0 Å². The number of benzene rings is 6. The maximum absolute atomic E-state index is 5.19. The van der Waals surface area contributed by atoms with E-state index in [0.717, 1.165) is 72.4 Å². The highest BCUT2D eigenvalue weighted by atomic mass is 14.9. The number of hydrogen-bond donors (Lipinski definition) is 0. The average Bonchev–Trinajstić information content (AvgIpc) is 3.21. The van der Waals surface area contributed by atoms with Gasteiger partial charge in [-0.05, 0) is 41.8 Å². The smallest absolute Gasteiger partial charge is 0.160 e. The zero-order valence-corrected chi connectivity index (χ0v) is 28.0. The highest BCUT2D eigenvalue weighted by molar-refractivity contribution is 6.05. The highest BCUT2D eigenvalue weighted by Gasteiger charge is 2.14. The van der Waals surface area contributed by atoms with E-state index >= 15 is 0 Å². The molecule has 0 saturated carbocycles. The number of aromatic nitrogens is 4. The molecule has 0 amide bonds. The maximum Gasteiger partial charge on any atom is 0.160 e. The molecule has 9 aromatic rings. The van der Waals surface area contributed by atoms with Gasteiger partial charge in [-0.2, -0.15) is 0 Å². The fourth-order valence-electron chi connectivity index (χ4n) is 6.69. The van der Waals surface area contributed by atoms with Gasteiger partial charge in [-0.15, -0.1) is 0 Å². The van der Waals surface area contributed by atoms with Crippen molar-refractivity contribution < 1.29 is 0 Å². The molecular formula is C47H32N4. The number of rotatable bonds is 6. The molecule has 0 N–H and O–H groups in total. The number of pyridine rings is 2. The lowest BCUT2D eigenvalue weighted by Gasteiger charge is -2.11. The van der Waals surface area contributed by atoms with Crippen molar-refractivity contribution in [3.8, 4) is 67.5 Å². The molecule has 6 aromatic carbocycles. The first kappa shape index (κ1) is 30.3. The van der Waals surface area contributed by atoms with Crippen LogP contribution in [-0.2, 0) is 0 Å². The largest absolute Gasteiger partial charge is 0.245 e. The Morgan fingerprint density at radius 1 is 0.314 bits per heavy atom. The summed E-state index contributed by atoms with van der Waals surface area (Å²) in [6.45, 7) is 2.14. The Labute approximate surface area is 296 Å². The molecule has 0 spiro atoms. The molecule has 4 nitrogen and oxygen atoms in total. The van der Waals surface area contributed by atoms with Gasteiger partial charge < -0.3 is 0 Å². The predicted molar refractivity (Wildman–Crippen MR) is 210 cm³/mol. The second kappa shape index (κ2) is 12.9. The molecule has 0 unspecified atom stereocenters. The van der Waals surface area contributed by atoms with E-state index in [4.69, 9.17) is 19.9 Å². The summed E-state index contributed by atoms with van der Waals surface area (Å²) in [5.74, 6) is 0.677. The second-order valence-electron chi connectivity index (χ2n) is 12.8. The summed E-state index contributed by atoms with van der Waals surface area (Å²) in [7, 11) is 0. The summed E-state index contributed by atoms with van der Waals surface area (Å²) >= 11 is 0. The van der Waals surface area contributed by atoms with E-state index in [9.17, 15) is 0 Å². The maximum atomic E-state index is 5.19. The molecule has 0 radical (unpaired) electrons. The number of hydrogen-bond acceptors (Lipinski definition) is 4. The number of nitrogens with zero attached hydrogens (tertiary/aromatic N) is 4. The molecular weight excluding hydrogens is 621 g/mol. The molecule has 3 heterocycles. The lowest BCUT2D eigenvalue weighted by Crippen LogP contribution is -1.96. The van der Waals surface area contributed by atoms with Gasteiger partial charge in [0.2, 0.25) is 0 Å². The zero-order chi connectivity index (χ0) is 34.1. The van der Waals surface area contributed by atoms with E-state index in [1.54, 1.807) is 0 Å². The second-order valence-corrected chi connectivity index (χ2v) is 12.8. The predicted octanol–water partition coefficient (Wildman–Crippen LogP) is 11.9. The third-order valence-corrected chi connectivity index (χ3v) is 9.44. The summed E-state index contributed by atoms with van der Waals surface area (Å²) < 4.78 is 0. The molecule has 0 atom stereocenters. The minimum Gasteiger partial charge on any atom is -0.245 e. The van der Waals surface area contributed by atoms with E-state index < -0.39 is 0 Å². The number of aryl methyl sites for hydroxylation is 1. The van der Waals surface area contributed by atoms with Gasteiger partial charge >= 0.3 is 0 Å². The molecule has 240 valence electrons. The first-order valence-corrected chi connectivity index (χ1v) is 17.1. The summed E-state index contributed by atoms with van der Waals surface area (Å²) in [6, 6.07) is 60.8. The Hall–Kier alpha value is -6.78. The van der Waals surface area contributed by atoms with Crippen LogP contribution in [0.25, 0.3) is 89.4 Å². The van der Waals surface area contributed by atoms with Crippen LogP contribution >= 0.6 is 0 Å². The SMILES string of the molecule is Cc1cc(-c2ccccc2)nc2c1ccc1ccc(-c3ccc(-c4nc(-c5ccccc5)cc(-c5ccc(-c6ccccc6)cc5)n4)cc3)nc12. The van der Waals surface area contributed by atoms with Gasteiger partial charge in [-0.1, -0.05) is 158 Å². The van der Waals surface area contributed by atoms with E-state index in [1.165, 1.54) is 16.7 Å². The van der Waals surface area contributed by atoms with Crippen LogP contribution in [0.2, 0.25) is 0 Å². The van der Waals surface area contributed by atoms with Crippen molar-refractivity contribution in [2.45, 2.75) is 6.92 Å². The van der Waals surface area contributed by atoms with Crippen molar-refractivity contribution in [2.24, 2.45) is 0 Å². The van der Waals surface area contributed by atoms with Crippen molar-refractivity contribution in [3.63, 3.8) is 0 Å². The summed E-state index contributed by atoms with van der Waals surface area (Å²) in [6.07, 6.45) is 0. The molecule has 0 aliphatic heterocycles. The molecule has 9 rings (SSSR count). The molecule has 4 heteroatoms. The molecule has 0 saturated heterocycles. The van der Waals surface area contributed by atoms with Crippen molar-refractivity contribution in [1.29, 1.82) is 0 Å². The lowest BCUT2D eigenvalue weighted by atomic mass is 10.0.